The fraction of sp³-hybridized carbons (Fsp3) is 0. The van der Waals surface area contributed by atoms with Gasteiger partial charge in [-0.15, -0.1) is 0 Å². The molecular formula is H2NiO5S. The molecule has 2 N–H and O–H groups in total. The number of hydrogen-bond acceptors (Lipinski definition) is 3. The van der Waals surface area contributed by atoms with Crippen LogP contribution in [0.3, 0.4) is 0 Å². The molecule has 7 heavy (non-hydrogen) atoms. The van der Waals surface area contributed by atoms with E-state index >= 15 is 0 Å². The van der Waals surface area contributed by atoms with E-state index in [0.717, 1.165) is 0 Å². The standard InChI is InChI=1S/Ni.H2O4S.O/c;1-5(2,3)4;/h;(H2,1,2,3,4);. The van der Waals surface area contributed by atoms with Crippen LogP contribution in [-0.4, -0.2) is 17.5 Å². The van der Waals surface area contributed by atoms with Crippen LogP contribution in [-0.2, 0) is 29.7 Å². The SMILES string of the molecule is O=S(=O)(O)O.[O]=[Ni]. The zero-order chi connectivity index (χ0) is 6.50. The van der Waals surface area contributed by atoms with Crippen molar-refractivity contribution in [2.45, 2.75) is 0 Å². The van der Waals surface area contributed by atoms with E-state index in [1.165, 1.54) is 0 Å². The molecule has 0 aliphatic carbocycles. The summed E-state index contributed by atoms with van der Waals surface area (Å²) < 4.78 is 39.5. The van der Waals surface area contributed by atoms with Crippen LogP contribution in [0.1, 0.15) is 0 Å². The van der Waals surface area contributed by atoms with Crippen LogP contribution in [0.15, 0.2) is 0 Å². The molecule has 0 spiro atoms. The number of rotatable bonds is 0. The summed E-state index contributed by atoms with van der Waals surface area (Å²) in [5.74, 6) is 0. The van der Waals surface area contributed by atoms with Crippen molar-refractivity contribution in [3.05, 3.63) is 0 Å². The molecule has 0 saturated heterocycles. The minimum atomic E-state index is -4.67. The molecule has 48 valence electrons. The van der Waals surface area contributed by atoms with Gasteiger partial charge in [-0.2, -0.15) is 8.42 Å². The fourth-order valence-corrected chi connectivity index (χ4v) is 0. The molecule has 0 heterocycles. The third kappa shape index (κ3) is 4000. The van der Waals surface area contributed by atoms with Crippen LogP contribution in [0, 0.1) is 0 Å². The Morgan fingerprint density at radius 1 is 1.14 bits per heavy atom. The molecule has 0 amide bonds. The van der Waals surface area contributed by atoms with Gasteiger partial charge >= 0.3 is 29.7 Å². The van der Waals surface area contributed by atoms with E-state index in [2.05, 4.69) is 15.4 Å². The summed E-state index contributed by atoms with van der Waals surface area (Å²) in [7, 11) is -4.67. The molecule has 0 fully saturated rings. The maximum atomic E-state index is 8.74. The van der Waals surface area contributed by atoms with Crippen molar-refractivity contribution in [2.75, 3.05) is 0 Å². The molecule has 0 aromatic carbocycles. The van der Waals surface area contributed by atoms with Gasteiger partial charge in [-0.3, -0.25) is 9.11 Å². The van der Waals surface area contributed by atoms with Crippen molar-refractivity contribution in [1.82, 2.24) is 0 Å². The minimum absolute atomic E-state index is 2.62. The van der Waals surface area contributed by atoms with Crippen molar-refractivity contribution in [1.29, 1.82) is 0 Å². The zero-order valence-electron chi connectivity index (χ0n) is 2.84. The van der Waals surface area contributed by atoms with Gasteiger partial charge in [-0.05, 0) is 0 Å². The molecule has 0 aliphatic rings. The average Bonchev–Trinajstić information content (AvgIpc) is 1.36. The Hall–Kier alpha value is 0.164. The summed E-state index contributed by atoms with van der Waals surface area (Å²) in [6.45, 7) is 0. The first-order chi connectivity index (χ1) is 3.00. The van der Waals surface area contributed by atoms with Crippen LogP contribution in [0.4, 0.5) is 0 Å². The molecule has 0 unspecified atom stereocenters. The normalized spacial score (nSPS) is 9.14. The van der Waals surface area contributed by atoms with Gasteiger partial charge in [0.2, 0.25) is 0 Å². The summed E-state index contributed by atoms with van der Waals surface area (Å²) in [6, 6.07) is 0. The van der Waals surface area contributed by atoms with E-state index in [1.807, 2.05) is 0 Å². The molecule has 5 nitrogen and oxygen atoms in total. The predicted molar refractivity (Wildman–Crippen MR) is 14.9 cm³/mol. The fourth-order valence-electron chi connectivity index (χ4n) is 0. The Kier molecular flexibility index (Phi) is 6.31. The summed E-state index contributed by atoms with van der Waals surface area (Å²) in [5.41, 5.74) is 0. The van der Waals surface area contributed by atoms with E-state index in [9.17, 15) is 0 Å². The molecule has 7 heteroatoms. The summed E-state index contributed by atoms with van der Waals surface area (Å²) in [6.07, 6.45) is 0. The molecule has 0 rings (SSSR count). The monoisotopic (exact) mass is 172 g/mol. The van der Waals surface area contributed by atoms with Crippen molar-refractivity contribution in [2.24, 2.45) is 0 Å². The topological polar surface area (TPSA) is 91.7 Å². The van der Waals surface area contributed by atoms with Crippen molar-refractivity contribution in [3.63, 3.8) is 0 Å². The van der Waals surface area contributed by atoms with E-state index < -0.39 is 10.4 Å². The average molecular weight is 173 g/mol. The Morgan fingerprint density at radius 3 is 1.14 bits per heavy atom. The Morgan fingerprint density at radius 2 is 1.14 bits per heavy atom. The summed E-state index contributed by atoms with van der Waals surface area (Å²) >= 11 is 2.62. The van der Waals surface area contributed by atoms with Gasteiger partial charge in [-0.1, -0.05) is 0 Å². The van der Waals surface area contributed by atoms with Gasteiger partial charge in [0.1, 0.15) is 0 Å². The second-order valence-electron chi connectivity index (χ2n) is 0.448. The first-order valence-corrected chi connectivity index (χ1v) is 2.63. The Labute approximate surface area is 47.9 Å². The third-order valence-corrected chi connectivity index (χ3v) is 0. The second kappa shape index (κ2) is 4.33. The van der Waals surface area contributed by atoms with Crippen molar-refractivity contribution < 1.29 is 36.8 Å². The summed E-state index contributed by atoms with van der Waals surface area (Å²) in [4.78, 5) is 0. The van der Waals surface area contributed by atoms with Crippen molar-refractivity contribution >= 4 is 10.4 Å². The Bertz CT molecular complexity index is 102. The molecule has 0 atom stereocenters. The zero-order valence-corrected chi connectivity index (χ0v) is 4.65. The second-order valence-corrected chi connectivity index (χ2v) is 1.34. The first kappa shape index (κ1) is 10.2. The molecule has 0 bridgehead atoms. The maximum absolute atomic E-state index is 8.74. The van der Waals surface area contributed by atoms with Crippen LogP contribution in [0.25, 0.3) is 0 Å². The van der Waals surface area contributed by atoms with E-state index in [0.29, 0.717) is 0 Å². The molecule has 0 aliphatic heterocycles. The number of hydrogen-bond donors (Lipinski definition) is 2. The molecule has 0 aromatic rings. The van der Waals surface area contributed by atoms with Crippen LogP contribution in [0.2, 0.25) is 0 Å². The summed E-state index contributed by atoms with van der Waals surface area (Å²) in [5, 5.41) is 0. The molecule has 0 radical (unpaired) electrons. The van der Waals surface area contributed by atoms with E-state index in [4.69, 9.17) is 21.4 Å². The first-order valence-electron chi connectivity index (χ1n) is 0.828. The molecule has 0 saturated carbocycles. The van der Waals surface area contributed by atoms with Crippen LogP contribution < -0.4 is 0 Å². The van der Waals surface area contributed by atoms with Gasteiger partial charge in [0.05, 0.1) is 0 Å². The van der Waals surface area contributed by atoms with Gasteiger partial charge in [0.15, 0.2) is 0 Å². The van der Waals surface area contributed by atoms with E-state index in [-0.39, 0.29) is 0 Å². The quantitative estimate of drug-likeness (QED) is 0.370. The predicted octanol–water partition coefficient (Wildman–Crippen LogP) is -0.774. The molecule has 0 aromatic heterocycles. The van der Waals surface area contributed by atoms with Gasteiger partial charge in [0, 0.05) is 0 Å². The van der Waals surface area contributed by atoms with Gasteiger partial charge in [0.25, 0.3) is 0 Å². The Balaban J connectivity index is 0. The van der Waals surface area contributed by atoms with Crippen LogP contribution in [0.5, 0.6) is 0 Å². The van der Waals surface area contributed by atoms with E-state index in [1.54, 1.807) is 0 Å². The van der Waals surface area contributed by atoms with Crippen molar-refractivity contribution in [3.8, 4) is 0 Å². The third-order valence-electron chi connectivity index (χ3n) is 0. The van der Waals surface area contributed by atoms with Gasteiger partial charge < -0.3 is 0 Å². The van der Waals surface area contributed by atoms with Gasteiger partial charge in [-0.25, -0.2) is 0 Å². The van der Waals surface area contributed by atoms with Crippen LogP contribution >= 0.6 is 0 Å². The molecular weight excluding hydrogens is 171 g/mol.